The van der Waals surface area contributed by atoms with Crippen LogP contribution in [-0.2, 0) is 11.2 Å². The van der Waals surface area contributed by atoms with Crippen molar-refractivity contribution >= 4 is 5.78 Å². The molecule has 0 spiro atoms. The van der Waals surface area contributed by atoms with Gasteiger partial charge in [0.1, 0.15) is 17.4 Å². The largest absolute Gasteiger partial charge is 0.299 e. The van der Waals surface area contributed by atoms with Crippen LogP contribution >= 0.6 is 0 Å². The van der Waals surface area contributed by atoms with Crippen LogP contribution in [0.1, 0.15) is 57.4 Å². The van der Waals surface area contributed by atoms with Gasteiger partial charge in [0.15, 0.2) is 0 Å². The molecule has 19 heavy (non-hydrogen) atoms. The minimum atomic E-state index is -0.623. The third kappa shape index (κ3) is 7.04. The molecule has 0 radical (unpaired) electrons. The Bertz CT molecular complexity index is 381. The van der Waals surface area contributed by atoms with Gasteiger partial charge in [-0.05, 0) is 24.1 Å². The Morgan fingerprint density at radius 3 is 2.16 bits per heavy atom. The van der Waals surface area contributed by atoms with E-state index in [-0.39, 0.29) is 12.2 Å². The summed E-state index contributed by atoms with van der Waals surface area (Å²) in [6, 6.07) is 3.27. The van der Waals surface area contributed by atoms with E-state index in [0.29, 0.717) is 12.0 Å². The van der Waals surface area contributed by atoms with Crippen LogP contribution in [0.4, 0.5) is 8.78 Å². The number of rotatable bonds is 9. The molecule has 0 atom stereocenters. The number of Topliss-reactive ketones (excluding diaryl/α,β-unsaturated/α-hetero) is 1. The van der Waals surface area contributed by atoms with Crippen molar-refractivity contribution in [2.24, 2.45) is 0 Å². The van der Waals surface area contributed by atoms with Gasteiger partial charge in [-0.2, -0.15) is 0 Å². The van der Waals surface area contributed by atoms with Gasteiger partial charge in [0.05, 0.1) is 0 Å². The molecule has 0 aliphatic heterocycles. The SMILES string of the molecule is CCCCCCCCC(=O)Cc1cc(F)cc(F)c1. The molecule has 3 heteroatoms. The highest BCUT2D eigenvalue weighted by atomic mass is 19.1. The molecule has 1 aromatic rings. The Kier molecular flexibility index (Phi) is 7.31. The van der Waals surface area contributed by atoms with Crippen molar-refractivity contribution in [3.63, 3.8) is 0 Å². The summed E-state index contributed by atoms with van der Waals surface area (Å²) in [4.78, 5) is 11.7. The lowest BCUT2D eigenvalue weighted by molar-refractivity contribution is -0.118. The third-order valence-electron chi connectivity index (χ3n) is 3.13. The minimum Gasteiger partial charge on any atom is -0.299 e. The molecule has 106 valence electrons. The number of carbonyl (C=O) groups excluding carboxylic acids is 1. The molecule has 1 aromatic carbocycles. The monoisotopic (exact) mass is 268 g/mol. The number of carbonyl (C=O) groups is 1. The summed E-state index contributed by atoms with van der Waals surface area (Å²) >= 11 is 0. The Hall–Kier alpha value is -1.25. The Morgan fingerprint density at radius 1 is 0.947 bits per heavy atom. The molecule has 1 rings (SSSR count). The molecule has 0 N–H and O–H groups in total. The predicted octanol–water partition coefficient (Wildman–Crippen LogP) is 4.83. The van der Waals surface area contributed by atoms with Gasteiger partial charge in [0.25, 0.3) is 0 Å². The molecule has 0 unspecified atom stereocenters. The highest BCUT2D eigenvalue weighted by Gasteiger charge is 2.06. The quantitative estimate of drug-likeness (QED) is 0.586. The Balaban J connectivity index is 2.23. The van der Waals surface area contributed by atoms with Gasteiger partial charge in [0, 0.05) is 18.9 Å². The summed E-state index contributed by atoms with van der Waals surface area (Å²) in [6.45, 7) is 2.17. The lowest BCUT2D eigenvalue weighted by Crippen LogP contribution is -2.03. The summed E-state index contributed by atoms with van der Waals surface area (Å²) in [5.74, 6) is -1.19. The van der Waals surface area contributed by atoms with Crippen LogP contribution in [0.5, 0.6) is 0 Å². The van der Waals surface area contributed by atoms with E-state index in [1.165, 1.54) is 31.4 Å². The smallest absolute Gasteiger partial charge is 0.137 e. The number of hydrogen-bond donors (Lipinski definition) is 0. The van der Waals surface area contributed by atoms with E-state index in [1.807, 2.05) is 0 Å². The molecular weight excluding hydrogens is 246 g/mol. The summed E-state index contributed by atoms with van der Waals surface area (Å²) in [5.41, 5.74) is 0.425. The zero-order chi connectivity index (χ0) is 14.1. The summed E-state index contributed by atoms with van der Waals surface area (Å²) in [7, 11) is 0. The summed E-state index contributed by atoms with van der Waals surface area (Å²) < 4.78 is 25.9. The number of ketones is 1. The zero-order valence-electron chi connectivity index (χ0n) is 11.6. The molecule has 0 amide bonds. The lowest BCUT2D eigenvalue weighted by atomic mass is 10.0. The van der Waals surface area contributed by atoms with Crippen molar-refractivity contribution in [1.82, 2.24) is 0 Å². The summed E-state index contributed by atoms with van der Waals surface area (Å²) in [6.07, 6.45) is 7.41. The highest BCUT2D eigenvalue weighted by molar-refractivity contribution is 5.80. The highest BCUT2D eigenvalue weighted by Crippen LogP contribution is 2.12. The molecular formula is C16H22F2O. The van der Waals surface area contributed by atoms with E-state index >= 15 is 0 Å². The number of unbranched alkanes of at least 4 members (excludes halogenated alkanes) is 5. The van der Waals surface area contributed by atoms with Crippen molar-refractivity contribution in [2.75, 3.05) is 0 Å². The molecule has 0 aliphatic carbocycles. The Labute approximate surface area is 114 Å². The predicted molar refractivity (Wildman–Crippen MR) is 73.1 cm³/mol. The van der Waals surface area contributed by atoms with Gasteiger partial charge in [0.2, 0.25) is 0 Å². The number of halogens is 2. The van der Waals surface area contributed by atoms with E-state index in [1.54, 1.807) is 0 Å². The molecule has 0 saturated carbocycles. The van der Waals surface area contributed by atoms with Crippen molar-refractivity contribution in [3.05, 3.63) is 35.4 Å². The van der Waals surface area contributed by atoms with E-state index in [4.69, 9.17) is 0 Å². The van der Waals surface area contributed by atoms with Crippen molar-refractivity contribution < 1.29 is 13.6 Å². The van der Waals surface area contributed by atoms with Gasteiger partial charge in [-0.15, -0.1) is 0 Å². The van der Waals surface area contributed by atoms with Crippen LogP contribution in [0, 0.1) is 11.6 Å². The van der Waals surface area contributed by atoms with Crippen LogP contribution in [0.3, 0.4) is 0 Å². The Morgan fingerprint density at radius 2 is 1.53 bits per heavy atom. The van der Waals surface area contributed by atoms with Crippen molar-refractivity contribution in [2.45, 2.75) is 58.3 Å². The maximum absolute atomic E-state index is 13.0. The standard InChI is InChI=1S/C16H22F2O/c1-2-3-4-5-6-7-8-16(19)11-13-9-14(17)12-15(18)10-13/h9-10,12H,2-8,11H2,1H3. The number of hydrogen-bond acceptors (Lipinski definition) is 1. The second-order valence-electron chi connectivity index (χ2n) is 5.01. The molecule has 0 bridgehead atoms. The maximum atomic E-state index is 13.0. The van der Waals surface area contributed by atoms with Crippen molar-refractivity contribution in [3.8, 4) is 0 Å². The maximum Gasteiger partial charge on any atom is 0.137 e. The first-order valence-electron chi connectivity index (χ1n) is 7.08. The lowest BCUT2D eigenvalue weighted by Gasteiger charge is -2.03. The van der Waals surface area contributed by atoms with Crippen LogP contribution in [0.15, 0.2) is 18.2 Å². The average Bonchev–Trinajstić information content (AvgIpc) is 2.32. The molecule has 0 heterocycles. The fraction of sp³-hybridized carbons (Fsp3) is 0.562. The molecule has 0 saturated heterocycles. The van der Waals surface area contributed by atoms with Crippen LogP contribution in [0.25, 0.3) is 0 Å². The minimum absolute atomic E-state index is 0.0560. The van der Waals surface area contributed by atoms with E-state index < -0.39 is 11.6 Å². The van der Waals surface area contributed by atoms with E-state index in [0.717, 1.165) is 25.3 Å². The molecule has 0 aliphatic rings. The average molecular weight is 268 g/mol. The van der Waals surface area contributed by atoms with Crippen LogP contribution in [0.2, 0.25) is 0 Å². The van der Waals surface area contributed by atoms with Gasteiger partial charge in [-0.25, -0.2) is 8.78 Å². The normalized spacial score (nSPS) is 10.7. The number of benzene rings is 1. The van der Waals surface area contributed by atoms with Gasteiger partial charge >= 0.3 is 0 Å². The van der Waals surface area contributed by atoms with Gasteiger partial charge in [-0.3, -0.25) is 4.79 Å². The summed E-state index contributed by atoms with van der Waals surface area (Å²) in [5, 5.41) is 0. The van der Waals surface area contributed by atoms with Crippen LogP contribution in [-0.4, -0.2) is 5.78 Å². The molecule has 0 aromatic heterocycles. The third-order valence-corrected chi connectivity index (χ3v) is 3.13. The fourth-order valence-electron chi connectivity index (χ4n) is 2.13. The fourth-order valence-corrected chi connectivity index (χ4v) is 2.13. The van der Waals surface area contributed by atoms with Gasteiger partial charge in [-0.1, -0.05) is 39.0 Å². The van der Waals surface area contributed by atoms with Gasteiger partial charge < -0.3 is 0 Å². The van der Waals surface area contributed by atoms with E-state index in [9.17, 15) is 13.6 Å². The second kappa shape index (κ2) is 8.78. The molecule has 0 fully saturated rings. The van der Waals surface area contributed by atoms with Crippen LogP contribution < -0.4 is 0 Å². The zero-order valence-corrected chi connectivity index (χ0v) is 11.6. The first kappa shape index (κ1) is 15.8. The topological polar surface area (TPSA) is 17.1 Å². The molecule has 1 nitrogen and oxygen atoms in total. The van der Waals surface area contributed by atoms with E-state index in [2.05, 4.69) is 6.92 Å². The first-order chi connectivity index (χ1) is 9.11. The van der Waals surface area contributed by atoms with Crippen molar-refractivity contribution in [1.29, 1.82) is 0 Å². The second-order valence-corrected chi connectivity index (χ2v) is 5.01. The first-order valence-corrected chi connectivity index (χ1v) is 7.08.